The van der Waals surface area contributed by atoms with Gasteiger partial charge < -0.3 is 5.32 Å². The average Bonchev–Trinajstić information content (AvgIpc) is 3.28. The fraction of sp³-hybridized carbons (Fsp3) is 0.200. The maximum Gasteiger partial charge on any atom is 0.255 e. The van der Waals surface area contributed by atoms with Gasteiger partial charge in [-0.1, -0.05) is 19.9 Å². The smallest absolute Gasteiger partial charge is 0.255 e. The van der Waals surface area contributed by atoms with Crippen molar-refractivity contribution in [2.45, 2.75) is 26.3 Å². The number of hydrogen-bond donors (Lipinski definition) is 1. The van der Waals surface area contributed by atoms with Gasteiger partial charge >= 0.3 is 0 Å². The van der Waals surface area contributed by atoms with Gasteiger partial charge in [-0.3, -0.25) is 4.79 Å². The minimum atomic E-state index is -0.534. The number of amides is 1. The molecule has 1 N–H and O–H groups in total. The SMILES string of the molecule is CC(C)c1ccn(-c2cc(-c3c(F)cccc3C#N)nc3c2C(=O)NC3)n1. The van der Waals surface area contributed by atoms with Crippen molar-refractivity contribution in [2.24, 2.45) is 0 Å². The molecule has 27 heavy (non-hydrogen) atoms. The summed E-state index contributed by atoms with van der Waals surface area (Å²) in [5.74, 6) is -0.547. The number of nitrogens with one attached hydrogen (secondary N) is 1. The molecule has 0 atom stereocenters. The van der Waals surface area contributed by atoms with E-state index >= 15 is 0 Å². The molecule has 3 heterocycles. The van der Waals surface area contributed by atoms with Gasteiger partial charge in [0.05, 0.1) is 52.1 Å². The van der Waals surface area contributed by atoms with Crippen LogP contribution in [0.5, 0.6) is 0 Å². The number of benzene rings is 1. The molecule has 0 saturated heterocycles. The van der Waals surface area contributed by atoms with Crippen molar-refractivity contribution in [1.82, 2.24) is 20.1 Å². The van der Waals surface area contributed by atoms with E-state index in [1.54, 1.807) is 23.0 Å². The number of aromatic nitrogens is 3. The molecule has 1 aromatic carbocycles. The van der Waals surface area contributed by atoms with Crippen LogP contribution in [0.3, 0.4) is 0 Å². The van der Waals surface area contributed by atoms with E-state index in [0.29, 0.717) is 22.6 Å². The molecule has 1 aliphatic rings. The Morgan fingerprint density at radius 3 is 2.81 bits per heavy atom. The summed E-state index contributed by atoms with van der Waals surface area (Å²) in [6.07, 6.45) is 1.77. The summed E-state index contributed by atoms with van der Waals surface area (Å²) in [4.78, 5) is 16.8. The maximum absolute atomic E-state index is 14.5. The van der Waals surface area contributed by atoms with Crippen molar-refractivity contribution in [2.75, 3.05) is 0 Å². The quantitative estimate of drug-likeness (QED) is 0.776. The zero-order chi connectivity index (χ0) is 19.1. The van der Waals surface area contributed by atoms with E-state index in [4.69, 9.17) is 0 Å². The first kappa shape index (κ1) is 16.9. The third-order valence-corrected chi connectivity index (χ3v) is 4.56. The highest BCUT2D eigenvalue weighted by Gasteiger charge is 2.28. The lowest BCUT2D eigenvalue weighted by Crippen LogP contribution is -2.14. The lowest BCUT2D eigenvalue weighted by atomic mass is 10.0. The van der Waals surface area contributed by atoms with Crippen molar-refractivity contribution in [3.63, 3.8) is 0 Å². The van der Waals surface area contributed by atoms with Crippen molar-refractivity contribution < 1.29 is 9.18 Å². The van der Waals surface area contributed by atoms with Gasteiger partial charge in [-0.05, 0) is 30.2 Å². The first-order chi connectivity index (χ1) is 13.0. The Kier molecular flexibility index (Phi) is 3.96. The molecule has 0 aliphatic carbocycles. The summed E-state index contributed by atoms with van der Waals surface area (Å²) in [6, 6.07) is 9.82. The van der Waals surface area contributed by atoms with Gasteiger partial charge in [0.25, 0.3) is 5.91 Å². The molecule has 0 spiro atoms. The van der Waals surface area contributed by atoms with Crippen molar-refractivity contribution in [1.29, 1.82) is 5.26 Å². The van der Waals surface area contributed by atoms with Crippen LogP contribution in [0.2, 0.25) is 0 Å². The predicted molar refractivity (Wildman–Crippen MR) is 96.7 cm³/mol. The normalized spacial score (nSPS) is 12.8. The molecule has 7 heteroatoms. The summed E-state index contributed by atoms with van der Waals surface area (Å²) < 4.78 is 16.1. The molecule has 3 aromatic rings. The molecule has 4 rings (SSSR count). The van der Waals surface area contributed by atoms with Gasteiger partial charge in [-0.25, -0.2) is 14.1 Å². The molecule has 0 saturated carbocycles. The number of nitrogens with zero attached hydrogens (tertiary/aromatic N) is 4. The zero-order valence-corrected chi connectivity index (χ0v) is 14.8. The predicted octanol–water partition coefficient (Wildman–Crippen LogP) is 3.31. The number of nitriles is 1. The third kappa shape index (κ3) is 2.75. The van der Waals surface area contributed by atoms with Gasteiger partial charge in [-0.2, -0.15) is 10.4 Å². The Balaban J connectivity index is 1.97. The van der Waals surface area contributed by atoms with Gasteiger partial charge in [0.1, 0.15) is 5.82 Å². The zero-order valence-electron chi connectivity index (χ0n) is 14.8. The Morgan fingerprint density at radius 2 is 2.11 bits per heavy atom. The van der Waals surface area contributed by atoms with Crippen molar-refractivity contribution in [3.05, 3.63) is 64.9 Å². The topological polar surface area (TPSA) is 83.6 Å². The van der Waals surface area contributed by atoms with Crippen LogP contribution in [-0.2, 0) is 6.54 Å². The van der Waals surface area contributed by atoms with Crippen LogP contribution in [0.4, 0.5) is 4.39 Å². The minimum Gasteiger partial charge on any atom is -0.346 e. The molecule has 0 radical (unpaired) electrons. The van der Waals surface area contributed by atoms with E-state index in [0.717, 1.165) is 5.69 Å². The summed E-state index contributed by atoms with van der Waals surface area (Å²) >= 11 is 0. The summed E-state index contributed by atoms with van der Waals surface area (Å²) in [5, 5.41) is 16.6. The third-order valence-electron chi connectivity index (χ3n) is 4.56. The number of rotatable bonds is 3. The molecular weight excluding hydrogens is 345 g/mol. The van der Waals surface area contributed by atoms with Gasteiger partial charge in [0, 0.05) is 6.20 Å². The molecule has 1 aliphatic heterocycles. The Hall–Kier alpha value is -3.53. The molecule has 6 nitrogen and oxygen atoms in total. The number of halogens is 1. The largest absolute Gasteiger partial charge is 0.346 e. The van der Waals surface area contributed by atoms with Gasteiger partial charge in [-0.15, -0.1) is 0 Å². The van der Waals surface area contributed by atoms with Crippen LogP contribution >= 0.6 is 0 Å². The van der Waals surface area contributed by atoms with E-state index in [-0.39, 0.29) is 29.5 Å². The van der Waals surface area contributed by atoms with Gasteiger partial charge in [0.15, 0.2) is 0 Å². The second kappa shape index (κ2) is 6.32. The Labute approximate surface area is 155 Å². The van der Waals surface area contributed by atoms with E-state index in [1.807, 2.05) is 26.0 Å². The summed E-state index contributed by atoms with van der Waals surface area (Å²) in [5.41, 5.74) is 2.95. The fourth-order valence-corrected chi connectivity index (χ4v) is 3.18. The molecule has 134 valence electrons. The molecular formula is C20H16FN5O. The number of carbonyl (C=O) groups excluding carboxylic acids is 1. The lowest BCUT2D eigenvalue weighted by Gasteiger charge is -2.11. The van der Waals surface area contributed by atoms with Crippen LogP contribution in [0, 0.1) is 17.1 Å². The molecule has 0 unspecified atom stereocenters. The second-order valence-corrected chi connectivity index (χ2v) is 6.65. The van der Waals surface area contributed by atoms with Crippen molar-refractivity contribution >= 4 is 5.91 Å². The standard InChI is InChI=1S/C20H16FN5O/c1-11(2)14-6-7-26(25-14)17-8-15(24-16-10-23-20(27)19(16)17)18-12(9-22)4-3-5-13(18)21/h3-8,11H,10H2,1-2H3,(H,23,27). The fourth-order valence-electron chi connectivity index (χ4n) is 3.18. The van der Waals surface area contributed by atoms with Crippen LogP contribution in [-0.4, -0.2) is 20.7 Å². The molecule has 2 aromatic heterocycles. The first-order valence-electron chi connectivity index (χ1n) is 8.56. The van der Waals surface area contributed by atoms with Gasteiger partial charge in [0.2, 0.25) is 0 Å². The average molecular weight is 361 g/mol. The Bertz CT molecular complexity index is 1110. The minimum absolute atomic E-state index is 0.125. The highest BCUT2D eigenvalue weighted by molar-refractivity contribution is 6.01. The highest BCUT2D eigenvalue weighted by Crippen LogP contribution is 2.31. The molecule has 0 bridgehead atoms. The van der Waals surface area contributed by atoms with Crippen LogP contribution in [0.1, 0.15) is 47.1 Å². The second-order valence-electron chi connectivity index (χ2n) is 6.65. The van der Waals surface area contributed by atoms with E-state index in [1.165, 1.54) is 12.1 Å². The van der Waals surface area contributed by atoms with E-state index in [9.17, 15) is 14.4 Å². The van der Waals surface area contributed by atoms with E-state index < -0.39 is 5.82 Å². The van der Waals surface area contributed by atoms with Crippen LogP contribution in [0.15, 0.2) is 36.5 Å². The van der Waals surface area contributed by atoms with Crippen molar-refractivity contribution in [3.8, 4) is 23.0 Å². The van der Waals surface area contributed by atoms with Crippen LogP contribution in [0.25, 0.3) is 16.9 Å². The molecule has 0 fully saturated rings. The number of hydrogen-bond acceptors (Lipinski definition) is 4. The maximum atomic E-state index is 14.5. The number of pyridine rings is 1. The summed E-state index contributed by atoms with van der Waals surface area (Å²) in [7, 11) is 0. The monoisotopic (exact) mass is 361 g/mol. The first-order valence-corrected chi connectivity index (χ1v) is 8.56. The number of carbonyl (C=O) groups is 1. The summed E-state index contributed by atoms with van der Waals surface area (Å²) in [6.45, 7) is 4.31. The highest BCUT2D eigenvalue weighted by atomic mass is 19.1. The lowest BCUT2D eigenvalue weighted by molar-refractivity contribution is 0.0965. The Morgan fingerprint density at radius 1 is 1.30 bits per heavy atom. The molecule has 1 amide bonds. The van der Waals surface area contributed by atoms with E-state index in [2.05, 4.69) is 15.4 Å². The number of fused-ring (bicyclic) bond motifs is 1. The van der Waals surface area contributed by atoms with Crippen LogP contribution < -0.4 is 5.32 Å².